The molecular formula is C19H22N4O2S2. The Kier molecular flexibility index (Phi) is 6.28. The summed E-state index contributed by atoms with van der Waals surface area (Å²) in [6, 6.07) is 7.66. The Morgan fingerprint density at radius 1 is 1.19 bits per heavy atom. The quantitative estimate of drug-likeness (QED) is 0.459. The first kappa shape index (κ1) is 19.6. The van der Waals surface area contributed by atoms with E-state index in [4.69, 9.17) is 4.74 Å². The van der Waals surface area contributed by atoms with E-state index in [1.807, 2.05) is 52.0 Å². The number of thiazole rings is 1. The van der Waals surface area contributed by atoms with Crippen molar-refractivity contribution in [2.45, 2.75) is 44.5 Å². The number of rotatable bonds is 7. The van der Waals surface area contributed by atoms with E-state index in [1.54, 1.807) is 0 Å². The monoisotopic (exact) mass is 402 g/mol. The molecule has 3 rings (SSSR count). The molecule has 0 fully saturated rings. The van der Waals surface area contributed by atoms with Gasteiger partial charge in [0.2, 0.25) is 5.91 Å². The smallest absolute Gasteiger partial charge is 0.239 e. The minimum Gasteiger partial charge on any atom is -0.494 e. The zero-order valence-corrected chi connectivity index (χ0v) is 17.4. The van der Waals surface area contributed by atoms with Gasteiger partial charge in [-0.2, -0.15) is 0 Å². The molecule has 2 aromatic heterocycles. The first-order valence-electron chi connectivity index (χ1n) is 8.81. The van der Waals surface area contributed by atoms with E-state index in [0.717, 1.165) is 27.4 Å². The van der Waals surface area contributed by atoms with Crippen molar-refractivity contribution in [3.05, 3.63) is 35.7 Å². The van der Waals surface area contributed by atoms with Crippen LogP contribution in [0.25, 0.3) is 10.2 Å². The van der Waals surface area contributed by atoms with Gasteiger partial charge in [0.05, 0.1) is 22.1 Å². The highest BCUT2D eigenvalue weighted by Crippen LogP contribution is 2.30. The molecule has 1 atom stereocenters. The third-order valence-electron chi connectivity index (χ3n) is 3.77. The summed E-state index contributed by atoms with van der Waals surface area (Å²) >= 11 is 2.82. The fourth-order valence-corrected chi connectivity index (χ4v) is 4.47. The summed E-state index contributed by atoms with van der Waals surface area (Å²) in [6.45, 7) is 8.40. The Balaban J connectivity index is 1.73. The number of carbonyl (C=O) groups excluding carboxylic acids is 1. The van der Waals surface area contributed by atoms with Crippen molar-refractivity contribution in [1.29, 1.82) is 0 Å². The normalized spacial score (nSPS) is 12.1. The number of ether oxygens (including phenoxy) is 1. The molecule has 0 spiro atoms. The number of benzene rings is 1. The number of nitrogens with zero attached hydrogens (tertiary/aromatic N) is 3. The van der Waals surface area contributed by atoms with Gasteiger partial charge in [0.1, 0.15) is 5.75 Å². The SMILES string of the molecule is CCOc1ccc2nc(NC(=O)[C@H](CC)Sc3nc(C)cc(C)n3)sc2c1. The molecule has 0 saturated carbocycles. The molecule has 2 heterocycles. The van der Waals surface area contributed by atoms with Crippen LogP contribution < -0.4 is 10.1 Å². The van der Waals surface area contributed by atoms with Crippen molar-refractivity contribution >= 4 is 44.4 Å². The van der Waals surface area contributed by atoms with E-state index in [-0.39, 0.29) is 11.2 Å². The average Bonchev–Trinajstić information content (AvgIpc) is 3.00. The van der Waals surface area contributed by atoms with Crippen molar-refractivity contribution in [3.8, 4) is 5.75 Å². The number of aryl methyl sites for hydroxylation is 2. The van der Waals surface area contributed by atoms with Crippen molar-refractivity contribution < 1.29 is 9.53 Å². The molecular weight excluding hydrogens is 380 g/mol. The molecule has 1 aromatic carbocycles. The molecule has 0 unspecified atom stereocenters. The highest BCUT2D eigenvalue weighted by Gasteiger charge is 2.21. The standard InChI is InChI=1S/C19H22N4O2S2/c1-5-15(26-18-20-11(3)9-12(4)21-18)17(24)23-19-22-14-8-7-13(25-6-2)10-16(14)27-19/h7-10,15H,5-6H2,1-4H3,(H,22,23,24)/t15-/m0/s1. The maximum atomic E-state index is 12.7. The van der Waals surface area contributed by atoms with Gasteiger partial charge in [0, 0.05) is 11.4 Å². The fraction of sp³-hybridized carbons (Fsp3) is 0.368. The lowest BCUT2D eigenvalue weighted by Crippen LogP contribution is -2.24. The van der Waals surface area contributed by atoms with Gasteiger partial charge in [-0.15, -0.1) is 0 Å². The third kappa shape index (κ3) is 4.95. The number of amides is 1. The Morgan fingerprint density at radius 3 is 2.59 bits per heavy atom. The predicted octanol–water partition coefficient (Wildman–Crippen LogP) is 4.61. The summed E-state index contributed by atoms with van der Waals surface area (Å²) in [5, 5.41) is 3.87. The lowest BCUT2D eigenvalue weighted by Gasteiger charge is -2.13. The van der Waals surface area contributed by atoms with Crippen LogP contribution in [-0.4, -0.2) is 32.7 Å². The van der Waals surface area contributed by atoms with Crippen molar-refractivity contribution in [2.75, 3.05) is 11.9 Å². The van der Waals surface area contributed by atoms with Gasteiger partial charge >= 0.3 is 0 Å². The van der Waals surface area contributed by atoms with E-state index in [0.29, 0.717) is 23.3 Å². The molecule has 0 bridgehead atoms. The lowest BCUT2D eigenvalue weighted by molar-refractivity contribution is -0.115. The summed E-state index contributed by atoms with van der Waals surface area (Å²) in [7, 11) is 0. The Bertz CT molecular complexity index is 938. The topological polar surface area (TPSA) is 77.0 Å². The maximum Gasteiger partial charge on any atom is 0.239 e. The van der Waals surface area contributed by atoms with Crippen LogP contribution in [0.3, 0.4) is 0 Å². The molecule has 27 heavy (non-hydrogen) atoms. The van der Waals surface area contributed by atoms with Crippen molar-refractivity contribution in [2.24, 2.45) is 0 Å². The number of aromatic nitrogens is 3. The predicted molar refractivity (Wildman–Crippen MR) is 111 cm³/mol. The van der Waals surface area contributed by atoms with Crippen LogP contribution in [0, 0.1) is 13.8 Å². The zero-order chi connectivity index (χ0) is 19.4. The van der Waals surface area contributed by atoms with Crippen LogP contribution >= 0.6 is 23.1 Å². The number of hydrogen-bond donors (Lipinski definition) is 1. The lowest BCUT2D eigenvalue weighted by atomic mass is 10.3. The molecule has 142 valence electrons. The molecule has 0 saturated heterocycles. The Labute approximate surface area is 166 Å². The Hall–Kier alpha value is -2.19. The summed E-state index contributed by atoms with van der Waals surface area (Å²) in [4.78, 5) is 26.1. The molecule has 8 heteroatoms. The van der Waals surface area contributed by atoms with Gasteiger partial charge in [-0.05, 0) is 51.5 Å². The molecule has 1 N–H and O–H groups in total. The van der Waals surface area contributed by atoms with Crippen LogP contribution in [0.2, 0.25) is 0 Å². The maximum absolute atomic E-state index is 12.7. The molecule has 0 aliphatic rings. The van der Waals surface area contributed by atoms with E-state index >= 15 is 0 Å². The molecule has 0 aliphatic heterocycles. The van der Waals surface area contributed by atoms with E-state index < -0.39 is 0 Å². The molecule has 6 nitrogen and oxygen atoms in total. The van der Waals surface area contributed by atoms with Gasteiger partial charge in [-0.3, -0.25) is 4.79 Å². The minimum atomic E-state index is -0.280. The summed E-state index contributed by atoms with van der Waals surface area (Å²) < 4.78 is 6.50. The number of hydrogen-bond acceptors (Lipinski definition) is 7. The minimum absolute atomic E-state index is 0.0886. The van der Waals surface area contributed by atoms with Crippen LogP contribution in [-0.2, 0) is 4.79 Å². The first-order chi connectivity index (χ1) is 13.0. The van der Waals surface area contributed by atoms with Crippen LogP contribution in [0.4, 0.5) is 5.13 Å². The van der Waals surface area contributed by atoms with Gasteiger partial charge < -0.3 is 10.1 Å². The first-order valence-corrected chi connectivity index (χ1v) is 10.5. The van der Waals surface area contributed by atoms with Gasteiger partial charge in [-0.1, -0.05) is 30.0 Å². The fourth-order valence-electron chi connectivity index (χ4n) is 2.60. The number of fused-ring (bicyclic) bond motifs is 1. The van der Waals surface area contributed by atoms with Crippen molar-refractivity contribution in [3.63, 3.8) is 0 Å². The molecule has 0 aliphatic carbocycles. The Morgan fingerprint density at radius 2 is 1.93 bits per heavy atom. The second-order valence-electron chi connectivity index (χ2n) is 6.02. The second-order valence-corrected chi connectivity index (χ2v) is 8.22. The highest BCUT2D eigenvalue weighted by atomic mass is 32.2. The van der Waals surface area contributed by atoms with Gasteiger partial charge in [0.25, 0.3) is 0 Å². The number of carbonyl (C=O) groups is 1. The second kappa shape index (κ2) is 8.67. The third-order valence-corrected chi connectivity index (χ3v) is 5.93. The number of anilines is 1. The highest BCUT2D eigenvalue weighted by molar-refractivity contribution is 8.00. The average molecular weight is 403 g/mol. The van der Waals surface area contributed by atoms with Gasteiger partial charge in [0.15, 0.2) is 10.3 Å². The molecule has 0 radical (unpaired) electrons. The molecule has 3 aromatic rings. The van der Waals surface area contributed by atoms with Gasteiger partial charge in [-0.25, -0.2) is 15.0 Å². The van der Waals surface area contributed by atoms with E-state index in [1.165, 1.54) is 23.1 Å². The van der Waals surface area contributed by atoms with Crippen LogP contribution in [0.1, 0.15) is 31.7 Å². The van der Waals surface area contributed by atoms with Crippen LogP contribution in [0.15, 0.2) is 29.4 Å². The van der Waals surface area contributed by atoms with Crippen molar-refractivity contribution in [1.82, 2.24) is 15.0 Å². The largest absolute Gasteiger partial charge is 0.494 e. The van der Waals surface area contributed by atoms with E-state index in [9.17, 15) is 4.79 Å². The zero-order valence-electron chi connectivity index (χ0n) is 15.8. The number of nitrogens with one attached hydrogen (secondary N) is 1. The van der Waals surface area contributed by atoms with E-state index in [2.05, 4.69) is 20.3 Å². The summed E-state index contributed by atoms with van der Waals surface area (Å²) in [5.74, 6) is 0.717. The van der Waals surface area contributed by atoms with Crippen LogP contribution in [0.5, 0.6) is 5.75 Å². The number of thioether (sulfide) groups is 1. The summed E-state index contributed by atoms with van der Waals surface area (Å²) in [5.41, 5.74) is 2.64. The molecule has 1 amide bonds. The summed E-state index contributed by atoms with van der Waals surface area (Å²) in [6.07, 6.45) is 0.673.